The monoisotopic (exact) mass is 339 g/mol. The van der Waals surface area contributed by atoms with Crippen LogP contribution in [-0.2, 0) is 9.53 Å². The van der Waals surface area contributed by atoms with Crippen molar-refractivity contribution < 1.29 is 9.53 Å². The largest absolute Gasteiger partial charge is 0.381 e. The minimum atomic E-state index is 0.0755. The molecule has 0 saturated carbocycles. The summed E-state index contributed by atoms with van der Waals surface area (Å²) in [6.45, 7) is 5.08. The van der Waals surface area contributed by atoms with Crippen molar-refractivity contribution in [3.63, 3.8) is 0 Å². The van der Waals surface area contributed by atoms with Gasteiger partial charge in [-0.15, -0.1) is 0 Å². The molecule has 0 unspecified atom stereocenters. The Hall–Kier alpha value is -2.14. The highest BCUT2D eigenvalue weighted by Crippen LogP contribution is 2.34. The topological polar surface area (TPSA) is 58.2 Å². The quantitative estimate of drug-likeness (QED) is 0.935. The van der Waals surface area contributed by atoms with Gasteiger partial charge in [0, 0.05) is 36.9 Å². The van der Waals surface area contributed by atoms with Crippen molar-refractivity contribution in [2.24, 2.45) is 5.92 Å². The number of amides is 1. The first kappa shape index (κ1) is 16.3. The molecule has 2 aliphatic heterocycles. The molecular formula is C20H25N3O2. The molecule has 132 valence electrons. The van der Waals surface area contributed by atoms with E-state index in [0.29, 0.717) is 12.5 Å². The van der Waals surface area contributed by atoms with E-state index in [9.17, 15) is 4.79 Å². The maximum Gasteiger partial charge on any atom is 0.228 e. The number of nitrogens with zero attached hydrogens (tertiary/aromatic N) is 2. The highest BCUT2D eigenvalue weighted by molar-refractivity contribution is 5.79. The summed E-state index contributed by atoms with van der Waals surface area (Å²) in [5.74, 6) is 0.785. The molecule has 2 saturated heterocycles. The van der Waals surface area contributed by atoms with Crippen molar-refractivity contribution in [3.8, 4) is 11.1 Å². The normalized spacial score (nSPS) is 21.6. The Labute approximate surface area is 148 Å². The van der Waals surface area contributed by atoms with Crippen molar-refractivity contribution in [1.82, 2.24) is 15.1 Å². The number of carbonyl (C=O) groups is 1. The van der Waals surface area contributed by atoms with Gasteiger partial charge in [-0.2, -0.15) is 5.10 Å². The van der Waals surface area contributed by atoms with Crippen LogP contribution in [0.5, 0.6) is 0 Å². The number of aromatic amines is 1. The number of benzene rings is 1. The molecule has 2 fully saturated rings. The van der Waals surface area contributed by atoms with E-state index < -0.39 is 0 Å². The molecule has 1 N–H and O–H groups in total. The van der Waals surface area contributed by atoms with Gasteiger partial charge in [-0.3, -0.25) is 9.89 Å². The fourth-order valence-electron chi connectivity index (χ4n) is 4.03. The molecule has 1 aromatic heterocycles. The van der Waals surface area contributed by atoms with Crippen LogP contribution in [0.25, 0.3) is 11.1 Å². The van der Waals surface area contributed by atoms with E-state index in [1.165, 1.54) is 22.4 Å². The van der Waals surface area contributed by atoms with Crippen LogP contribution in [0.3, 0.4) is 0 Å². The Bertz CT molecular complexity index is 741. The lowest BCUT2D eigenvalue weighted by Gasteiger charge is -2.33. The summed E-state index contributed by atoms with van der Waals surface area (Å²) in [4.78, 5) is 14.6. The molecule has 2 aliphatic rings. The smallest absolute Gasteiger partial charge is 0.228 e. The number of carbonyl (C=O) groups excluding carboxylic acids is 1. The van der Waals surface area contributed by atoms with Crippen LogP contribution >= 0.6 is 0 Å². The SMILES string of the molecule is Cc1cccc(-c2cn[nH]c2C2CCN(C(=O)[C@H]3CCOC3)CC2)c1. The standard InChI is InChI=1S/C20H25N3O2/c1-14-3-2-4-16(11-14)18-12-21-22-19(18)15-5-8-23(9-6-15)20(24)17-7-10-25-13-17/h2-4,11-12,15,17H,5-10,13H2,1H3,(H,21,22)/t17-/m0/s1. The molecule has 5 nitrogen and oxygen atoms in total. The van der Waals surface area contributed by atoms with Gasteiger partial charge in [-0.25, -0.2) is 0 Å². The summed E-state index contributed by atoms with van der Waals surface area (Å²) in [6, 6.07) is 8.54. The zero-order valence-corrected chi connectivity index (χ0v) is 14.7. The van der Waals surface area contributed by atoms with Crippen molar-refractivity contribution in [2.45, 2.75) is 32.1 Å². The van der Waals surface area contributed by atoms with Gasteiger partial charge in [-0.1, -0.05) is 29.8 Å². The van der Waals surface area contributed by atoms with E-state index in [1.807, 2.05) is 11.1 Å². The fraction of sp³-hybridized carbons (Fsp3) is 0.500. The first-order valence-corrected chi connectivity index (χ1v) is 9.19. The third kappa shape index (κ3) is 3.33. The summed E-state index contributed by atoms with van der Waals surface area (Å²) < 4.78 is 5.36. The number of rotatable bonds is 3. The Morgan fingerprint density at radius 3 is 2.84 bits per heavy atom. The lowest BCUT2D eigenvalue weighted by Crippen LogP contribution is -2.41. The van der Waals surface area contributed by atoms with Crippen molar-refractivity contribution >= 4 is 5.91 Å². The maximum atomic E-state index is 12.5. The summed E-state index contributed by atoms with van der Waals surface area (Å²) in [6.07, 6.45) is 4.77. The summed E-state index contributed by atoms with van der Waals surface area (Å²) in [5, 5.41) is 7.52. The maximum absolute atomic E-state index is 12.5. The summed E-state index contributed by atoms with van der Waals surface area (Å²) in [5.41, 5.74) is 4.87. The van der Waals surface area contributed by atoms with Crippen molar-refractivity contribution in [3.05, 3.63) is 41.7 Å². The van der Waals surface area contributed by atoms with Gasteiger partial charge >= 0.3 is 0 Å². The number of likely N-dealkylation sites (tertiary alicyclic amines) is 1. The number of piperidine rings is 1. The van der Waals surface area contributed by atoms with Crippen LogP contribution in [0.2, 0.25) is 0 Å². The zero-order chi connectivity index (χ0) is 17.2. The second-order valence-corrected chi connectivity index (χ2v) is 7.23. The fourth-order valence-corrected chi connectivity index (χ4v) is 4.03. The molecule has 0 aliphatic carbocycles. The highest BCUT2D eigenvalue weighted by Gasteiger charge is 2.32. The van der Waals surface area contributed by atoms with E-state index in [2.05, 4.69) is 41.4 Å². The summed E-state index contributed by atoms with van der Waals surface area (Å²) >= 11 is 0. The van der Waals surface area contributed by atoms with E-state index >= 15 is 0 Å². The van der Waals surface area contributed by atoms with Gasteiger partial charge in [0.1, 0.15) is 0 Å². The Morgan fingerprint density at radius 1 is 1.28 bits per heavy atom. The number of hydrogen-bond acceptors (Lipinski definition) is 3. The minimum absolute atomic E-state index is 0.0755. The predicted octanol–water partition coefficient (Wildman–Crippen LogP) is 3.13. The van der Waals surface area contributed by atoms with Crippen LogP contribution in [-0.4, -0.2) is 47.3 Å². The first-order valence-electron chi connectivity index (χ1n) is 9.19. The number of H-pyrrole nitrogens is 1. The van der Waals surface area contributed by atoms with E-state index in [0.717, 1.165) is 39.0 Å². The number of aromatic nitrogens is 2. The Balaban J connectivity index is 1.45. The third-order valence-electron chi connectivity index (χ3n) is 5.49. The van der Waals surface area contributed by atoms with Crippen LogP contribution in [0.4, 0.5) is 0 Å². The van der Waals surface area contributed by atoms with Crippen molar-refractivity contribution in [1.29, 1.82) is 0 Å². The molecule has 2 aromatic rings. The van der Waals surface area contributed by atoms with Gasteiger partial charge in [0.25, 0.3) is 0 Å². The third-order valence-corrected chi connectivity index (χ3v) is 5.49. The number of ether oxygens (including phenoxy) is 1. The van der Waals surface area contributed by atoms with Gasteiger partial charge in [-0.05, 0) is 31.7 Å². The molecule has 1 aromatic carbocycles. The van der Waals surface area contributed by atoms with Gasteiger partial charge in [0.05, 0.1) is 18.7 Å². The average molecular weight is 339 g/mol. The zero-order valence-electron chi connectivity index (χ0n) is 14.7. The van der Waals surface area contributed by atoms with E-state index in [4.69, 9.17) is 4.74 Å². The molecule has 4 rings (SSSR count). The lowest BCUT2D eigenvalue weighted by molar-refractivity contribution is -0.136. The molecule has 0 radical (unpaired) electrons. The predicted molar refractivity (Wildman–Crippen MR) is 96.2 cm³/mol. The van der Waals surface area contributed by atoms with Gasteiger partial charge in [0.15, 0.2) is 0 Å². The molecular weight excluding hydrogens is 314 g/mol. The first-order chi connectivity index (χ1) is 12.2. The van der Waals surface area contributed by atoms with Crippen LogP contribution in [0, 0.1) is 12.8 Å². The molecule has 5 heteroatoms. The Morgan fingerprint density at radius 2 is 2.12 bits per heavy atom. The van der Waals surface area contributed by atoms with Crippen LogP contribution < -0.4 is 0 Å². The van der Waals surface area contributed by atoms with Crippen LogP contribution in [0.1, 0.15) is 36.4 Å². The van der Waals surface area contributed by atoms with E-state index in [-0.39, 0.29) is 11.8 Å². The highest BCUT2D eigenvalue weighted by atomic mass is 16.5. The average Bonchev–Trinajstić information content (AvgIpc) is 3.33. The van der Waals surface area contributed by atoms with Crippen LogP contribution in [0.15, 0.2) is 30.5 Å². The molecule has 25 heavy (non-hydrogen) atoms. The molecule has 0 spiro atoms. The Kier molecular flexibility index (Phi) is 4.57. The second kappa shape index (κ2) is 7.00. The molecule has 0 bridgehead atoms. The van der Waals surface area contributed by atoms with Crippen molar-refractivity contribution in [2.75, 3.05) is 26.3 Å². The number of aryl methyl sites for hydroxylation is 1. The second-order valence-electron chi connectivity index (χ2n) is 7.23. The molecule has 1 atom stereocenters. The molecule has 1 amide bonds. The number of hydrogen-bond donors (Lipinski definition) is 1. The van der Waals surface area contributed by atoms with E-state index in [1.54, 1.807) is 0 Å². The summed E-state index contributed by atoms with van der Waals surface area (Å²) in [7, 11) is 0. The molecule has 3 heterocycles. The lowest BCUT2D eigenvalue weighted by atomic mass is 9.89. The van der Waals surface area contributed by atoms with Gasteiger partial charge in [0.2, 0.25) is 5.91 Å². The minimum Gasteiger partial charge on any atom is -0.381 e. The van der Waals surface area contributed by atoms with Gasteiger partial charge < -0.3 is 9.64 Å². The number of nitrogens with one attached hydrogen (secondary N) is 1.